The van der Waals surface area contributed by atoms with Gasteiger partial charge < -0.3 is 9.88 Å². The Kier molecular flexibility index (Phi) is 4.21. The molecule has 106 valence electrons. The number of rotatable bonds is 2. The minimum absolute atomic E-state index is 0.726. The molecular weight excluding hydrogens is 234 g/mol. The molecule has 1 saturated carbocycles. The van der Waals surface area contributed by atoms with E-state index in [0.29, 0.717) is 0 Å². The van der Waals surface area contributed by atoms with Gasteiger partial charge >= 0.3 is 0 Å². The van der Waals surface area contributed by atoms with Crippen molar-refractivity contribution in [1.82, 2.24) is 14.9 Å². The lowest BCUT2D eigenvalue weighted by Crippen LogP contribution is -2.26. The number of hydrogen-bond donors (Lipinski definition) is 1. The van der Waals surface area contributed by atoms with Gasteiger partial charge in [-0.2, -0.15) is 0 Å². The first-order valence-corrected chi connectivity index (χ1v) is 8.19. The van der Waals surface area contributed by atoms with E-state index in [2.05, 4.69) is 16.8 Å². The van der Waals surface area contributed by atoms with Gasteiger partial charge in [0.25, 0.3) is 0 Å². The second-order valence-corrected chi connectivity index (χ2v) is 6.07. The number of fused-ring (bicyclic) bond motifs is 1. The fraction of sp³-hybridized carbons (Fsp3) is 0.812. The average Bonchev–Trinajstić information content (AvgIpc) is 2.77. The summed E-state index contributed by atoms with van der Waals surface area (Å²) in [7, 11) is 0. The Balaban J connectivity index is 1.90. The van der Waals surface area contributed by atoms with Gasteiger partial charge in [-0.25, -0.2) is 4.98 Å². The number of imidazole rings is 1. The van der Waals surface area contributed by atoms with Crippen LogP contribution in [0.5, 0.6) is 0 Å². The zero-order valence-electron chi connectivity index (χ0n) is 12.2. The van der Waals surface area contributed by atoms with Crippen LogP contribution in [0.4, 0.5) is 0 Å². The zero-order valence-corrected chi connectivity index (χ0v) is 12.2. The number of hydrogen-bond acceptors (Lipinski definition) is 2. The molecule has 0 bridgehead atoms. The summed E-state index contributed by atoms with van der Waals surface area (Å²) in [5.41, 5.74) is 2.87. The normalized spacial score (nSPS) is 21.7. The summed E-state index contributed by atoms with van der Waals surface area (Å²) in [6.45, 7) is 4.34. The summed E-state index contributed by atoms with van der Waals surface area (Å²) in [4.78, 5) is 4.90. The van der Waals surface area contributed by atoms with Crippen LogP contribution < -0.4 is 5.32 Å². The van der Waals surface area contributed by atoms with Crippen molar-refractivity contribution in [3.8, 4) is 0 Å². The standard InChI is InChI=1S/C16H27N3/c1-2-16-18-14-12-17-11-10-15(14)19(16)13-8-6-4-3-5-7-9-13/h13,17H,2-12H2,1H3. The van der Waals surface area contributed by atoms with E-state index in [-0.39, 0.29) is 0 Å². The monoisotopic (exact) mass is 261 g/mol. The maximum absolute atomic E-state index is 4.90. The average molecular weight is 261 g/mol. The van der Waals surface area contributed by atoms with Crippen LogP contribution in [0, 0.1) is 0 Å². The topological polar surface area (TPSA) is 29.9 Å². The van der Waals surface area contributed by atoms with Crippen molar-refractivity contribution in [1.29, 1.82) is 0 Å². The fourth-order valence-corrected chi connectivity index (χ4v) is 3.76. The smallest absolute Gasteiger partial charge is 0.109 e. The molecule has 0 atom stereocenters. The molecule has 0 radical (unpaired) electrons. The van der Waals surface area contributed by atoms with Crippen LogP contribution >= 0.6 is 0 Å². The Morgan fingerprint density at radius 2 is 1.89 bits per heavy atom. The number of aryl methyl sites for hydroxylation is 1. The summed E-state index contributed by atoms with van der Waals surface area (Å²) in [5.74, 6) is 1.33. The Labute approximate surface area is 116 Å². The zero-order chi connectivity index (χ0) is 13.1. The van der Waals surface area contributed by atoms with Gasteiger partial charge in [0.15, 0.2) is 0 Å². The lowest BCUT2D eigenvalue weighted by Gasteiger charge is -2.26. The predicted molar refractivity (Wildman–Crippen MR) is 78.4 cm³/mol. The third kappa shape index (κ3) is 2.71. The van der Waals surface area contributed by atoms with Gasteiger partial charge in [0.1, 0.15) is 5.82 Å². The molecule has 0 unspecified atom stereocenters. The first-order chi connectivity index (χ1) is 9.40. The molecule has 19 heavy (non-hydrogen) atoms. The van der Waals surface area contributed by atoms with Crippen molar-refractivity contribution in [3.05, 3.63) is 17.2 Å². The summed E-state index contributed by atoms with van der Waals surface area (Å²) < 4.78 is 2.64. The second kappa shape index (κ2) is 6.08. The number of aromatic nitrogens is 2. The van der Waals surface area contributed by atoms with Gasteiger partial charge in [-0.1, -0.05) is 39.0 Å². The molecular formula is C16H27N3. The highest BCUT2D eigenvalue weighted by Crippen LogP contribution is 2.31. The molecule has 3 heteroatoms. The van der Waals surface area contributed by atoms with Crippen molar-refractivity contribution in [2.24, 2.45) is 0 Å². The molecule has 1 aliphatic heterocycles. The molecule has 1 fully saturated rings. The molecule has 1 aromatic heterocycles. The summed E-state index contributed by atoms with van der Waals surface area (Å²) >= 11 is 0. The number of nitrogens with one attached hydrogen (secondary N) is 1. The van der Waals surface area contributed by atoms with Crippen LogP contribution in [0.15, 0.2) is 0 Å². The highest BCUT2D eigenvalue weighted by atomic mass is 15.1. The lowest BCUT2D eigenvalue weighted by molar-refractivity contribution is 0.355. The van der Waals surface area contributed by atoms with Gasteiger partial charge in [0.2, 0.25) is 0 Å². The van der Waals surface area contributed by atoms with E-state index in [9.17, 15) is 0 Å². The van der Waals surface area contributed by atoms with Crippen molar-refractivity contribution in [2.75, 3.05) is 6.54 Å². The second-order valence-electron chi connectivity index (χ2n) is 6.07. The molecule has 0 aromatic carbocycles. The third-order valence-electron chi connectivity index (χ3n) is 4.75. The summed E-state index contributed by atoms with van der Waals surface area (Å²) in [5, 5.41) is 3.46. The first kappa shape index (κ1) is 13.2. The first-order valence-electron chi connectivity index (χ1n) is 8.19. The molecule has 2 heterocycles. The van der Waals surface area contributed by atoms with Gasteiger partial charge in [-0.05, 0) is 12.8 Å². The molecule has 1 N–H and O–H groups in total. The van der Waals surface area contributed by atoms with Gasteiger partial charge in [0, 0.05) is 37.7 Å². The van der Waals surface area contributed by atoms with Gasteiger partial charge in [0.05, 0.1) is 5.69 Å². The van der Waals surface area contributed by atoms with Crippen LogP contribution in [0.25, 0.3) is 0 Å². The molecule has 1 aromatic rings. The minimum Gasteiger partial charge on any atom is -0.329 e. The molecule has 2 aliphatic rings. The van der Waals surface area contributed by atoms with E-state index in [1.165, 1.54) is 62.9 Å². The van der Waals surface area contributed by atoms with Crippen LogP contribution in [-0.4, -0.2) is 16.1 Å². The maximum atomic E-state index is 4.90. The molecule has 1 aliphatic carbocycles. The van der Waals surface area contributed by atoms with E-state index in [4.69, 9.17) is 4.98 Å². The maximum Gasteiger partial charge on any atom is 0.109 e. The summed E-state index contributed by atoms with van der Waals surface area (Å²) in [6, 6.07) is 0.726. The van der Waals surface area contributed by atoms with Crippen LogP contribution in [0.2, 0.25) is 0 Å². The van der Waals surface area contributed by atoms with Crippen molar-refractivity contribution in [3.63, 3.8) is 0 Å². The molecule has 0 amide bonds. The summed E-state index contributed by atoms with van der Waals surface area (Å²) in [6.07, 6.45) is 12.1. The van der Waals surface area contributed by atoms with E-state index < -0.39 is 0 Å². The molecule has 3 nitrogen and oxygen atoms in total. The fourth-order valence-electron chi connectivity index (χ4n) is 3.76. The molecule has 0 saturated heterocycles. The quantitative estimate of drug-likeness (QED) is 0.884. The SMILES string of the molecule is CCc1nc2c(n1C1CCCCCCC1)CCNC2. The Bertz CT molecular complexity index is 414. The van der Waals surface area contributed by atoms with E-state index in [0.717, 1.165) is 25.6 Å². The van der Waals surface area contributed by atoms with Gasteiger partial charge in [-0.15, -0.1) is 0 Å². The van der Waals surface area contributed by atoms with E-state index >= 15 is 0 Å². The minimum atomic E-state index is 0.726. The number of nitrogens with zero attached hydrogens (tertiary/aromatic N) is 2. The van der Waals surface area contributed by atoms with Crippen molar-refractivity contribution in [2.45, 2.75) is 77.3 Å². The molecule has 3 rings (SSSR count). The highest BCUT2D eigenvalue weighted by molar-refractivity contribution is 5.21. The highest BCUT2D eigenvalue weighted by Gasteiger charge is 2.24. The third-order valence-corrected chi connectivity index (χ3v) is 4.75. The van der Waals surface area contributed by atoms with Crippen molar-refractivity contribution < 1.29 is 0 Å². The van der Waals surface area contributed by atoms with Crippen LogP contribution in [-0.2, 0) is 19.4 Å². The van der Waals surface area contributed by atoms with E-state index in [1.807, 2.05) is 0 Å². The van der Waals surface area contributed by atoms with Gasteiger partial charge in [-0.3, -0.25) is 0 Å². The predicted octanol–water partition coefficient (Wildman–Crippen LogP) is 3.38. The lowest BCUT2D eigenvalue weighted by atomic mass is 9.96. The Morgan fingerprint density at radius 1 is 1.16 bits per heavy atom. The van der Waals surface area contributed by atoms with Crippen LogP contribution in [0.3, 0.4) is 0 Å². The van der Waals surface area contributed by atoms with Crippen molar-refractivity contribution >= 4 is 0 Å². The largest absolute Gasteiger partial charge is 0.329 e. The molecule has 0 spiro atoms. The Hall–Kier alpha value is -0.830. The Morgan fingerprint density at radius 3 is 2.63 bits per heavy atom. The van der Waals surface area contributed by atoms with Crippen LogP contribution in [0.1, 0.15) is 75.1 Å². The van der Waals surface area contributed by atoms with E-state index in [1.54, 1.807) is 5.69 Å².